The van der Waals surface area contributed by atoms with E-state index in [4.69, 9.17) is 9.31 Å². The van der Waals surface area contributed by atoms with E-state index < -0.39 is 0 Å². The highest BCUT2D eigenvalue weighted by Gasteiger charge is 2.03. The Labute approximate surface area is 128 Å². The summed E-state index contributed by atoms with van der Waals surface area (Å²) in [5, 5.41) is 0. The summed E-state index contributed by atoms with van der Waals surface area (Å²) in [4.78, 5) is 0. The van der Waals surface area contributed by atoms with Crippen molar-refractivity contribution in [3.05, 3.63) is 59.7 Å². The summed E-state index contributed by atoms with van der Waals surface area (Å²) in [6.07, 6.45) is 0. The summed E-state index contributed by atoms with van der Waals surface area (Å²) in [7, 11) is 0.224. The number of rotatable bonds is 6. The molecular weight excluding hydrogens is 259 g/mol. The number of hydrogen-bond acceptors (Lipinski definition) is 2. The van der Waals surface area contributed by atoms with Crippen LogP contribution in [0.1, 0.15) is 50.7 Å². The van der Waals surface area contributed by atoms with Gasteiger partial charge in [0.05, 0.1) is 0 Å². The Morgan fingerprint density at radius 3 is 1.24 bits per heavy atom. The molecule has 0 amide bonds. The van der Waals surface area contributed by atoms with Gasteiger partial charge in [0.25, 0.3) is 0 Å². The maximum absolute atomic E-state index is 5.60. The SMILES string of the molecule is CC(C)c1ccc(OBOc2ccc(C(C)C)cc2)cc1. The zero-order chi connectivity index (χ0) is 15.2. The van der Waals surface area contributed by atoms with Gasteiger partial charge in [0, 0.05) is 0 Å². The molecule has 0 spiro atoms. The third-order valence-corrected chi connectivity index (χ3v) is 3.54. The maximum Gasteiger partial charge on any atom is 0.576 e. The summed E-state index contributed by atoms with van der Waals surface area (Å²) in [5.74, 6) is 2.74. The lowest BCUT2D eigenvalue weighted by Crippen LogP contribution is -2.10. The predicted octanol–water partition coefficient (Wildman–Crippen LogP) is 4.66. The van der Waals surface area contributed by atoms with Crippen LogP contribution in [0, 0.1) is 0 Å². The minimum Gasteiger partial charge on any atom is -0.529 e. The maximum atomic E-state index is 5.60. The third-order valence-electron chi connectivity index (χ3n) is 3.54. The minimum atomic E-state index is 0.224. The largest absolute Gasteiger partial charge is 0.576 e. The van der Waals surface area contributed by atoms with Crippen LogP contribution in [-0.4, -0.2) is 7.69 Å². The van der Waals surface area contributed by atoms with Gasteiger partial charge in [-0.25, -0.2) is 0 Å². The molecule has 0 heterocycles. The Bertz CT molecular complexity index is 493. The second-order valence-corrected chi connectivity index (χ2v) is 5.85. The van der Waals surface area contributed by atoms with Crippen LogP contribution in [0.25, 0.3) is 0 Å². The lowest BCUT2D eigenvalue weighted by molar-refractivity contribution is 0.458. The van der Waals surface area contributed by atoms with E-state index in [1.807, 2.05) is 24.3 Å². The van der Waals surface area contributed by atoms with Crippen molar-refractivity contribution in [2.24, 2.45) is 0 Å². The second-order valence-electron chi connectivity index (χ2n) is 5.85. The molecule has 0 aliphatic heterocycles. The van der Waals surface area contributed by atoms with Gasteiger partial charge in [-0.3, -0.25) is 0 Å². The molecule has 2 nitrogen and oxygen atoms in total. The summed E-state index contributed by atoms with van der Waals surface area (Å²) < 4.78 is 11.2. The Kier molecular flexibility index (Phi) is 5.32. The van der Waals surface area contributed by atoms with E-state index in [9.17, 15) is 0 Å². The summed E-state index contributed by atoms with van der Waals surface area (Å²) in [6.45, 7) is 8.72. The first-order valence-electron chi connectivity index (χ1n) is 7.52. The van der Waals surface area contributed by atoms with Crippen molar-refractivity contribution in [3.8, 4) is 11.5 Å². The third kappa shape index (κ3) is 4.56. The highest BCUT2D eigenvalue weighted by molar-refractivity contribution is 6.20. The molecule has 0 aliphatic carbocycles. The van der Waals surface area contributed by atoms with E-state index in [-0.39, 0.29) is 7.69 Å². The smallest absolute Gasteiger partial charge is 0.529 e. The predicted molar refractivity (Wildman–Crippen MR) is 89.5 cm³/mol. The van der Waals surface area contributed by atoms with Crippen LogP contribution in [0.3, 0.4) is 0 Å². The molecule has 2 rings (SSSR count). The first kappa shape index (κ1) is 15.5. The summed E-state index contributed by atoms with van der Waals surface area (Å²) >= 11 is 0. The Balaban J connectivity index is 1.83. The van der Waals surface area contributed by atoms with Crippen LogP contribution in [0.4, 0.5) is 0 Å². The van der Waals surface area contributed by atoms with Gasteiger partial charge in [-0.05, 0) is 47.2 Å². The van der Waals surface area contributed by atoms with Crippen molar-refractivity contribution < 1.29 is 9.31 Å². The van der Waals surface area contributed by atoms with E-state index >= 15 is 0 Å². The number of benzene rings is 2. The van der Waals surface area contributed by atoms with Gasteiger partial charge >= 0.3 is 7.69 Å². The van der Waals surface area contributed by atoms with E-state index in [0.717, 1.165) is 11.5 Å². The fourth-order valence-corrected chi connectivity index (χ4v) is 2.06. The molecule has 2 aromatic rings. The molecular formula is C18H23BO2. The van der Waals surface area contributed by atoms with Gasteiger partial charge < -0.3 is 9.31 Å². The van der Waals surface area contributed by atoms with Crippen LogP contribution in [0.15, 0.2) is 48.5 Å². The molecule has 0 aromatic heterocycles. The van der Waals surface area contributed by atoms with Gasteiger partial charge in [0.15, 0.2) is 0 Å². The van der Waals surface area contributed by atoms with Crippen molar-refractivity contribution in [1.82, 2.24) is 0 Å². The van der Waals surface area contributed by atoms with Gasteiger partial charge in [0.1, 0.15) is 11.5 Å². The molecule has 2 aromatic carbocycles. The summed E-state index contributed by atoms with van der Waals surface area (Å²) in [5.41, 5.74) is 2.63. The van der Waals surface area contributed by atoms with Crippen molar-refractivity contribution in [2.75, 3.05) is 0 Å². The molecule has 0 atom stereocenters. The Hall–Kier alpha value is -1.90. The standard InChI is InChI=1S/C18H23BO2/c1-13(2)15-5-9-17(10-6-15)20-19-21-18-11-7-16(8-12-18)14(3)4/h5-14,19H,1-4H3. The topological polar surface area (TPSA) is 18.5 Å². The molecule has 0 aliphatic rings. The van der Waals surface area contributed by atoms with E-state index in [0.29, 0.717) is 11.8 Å². The normalized spacial score (nSPS) is 10.8. The monoisotopic (exact) mass is 282 g/mol. The zero-order valence-electron chi connectivity index (χ0n) is 13.3. The minimum absolute atomic E-state index is 0.224. The van der Waals surface area contributed by atoms with Gasteiger partial charge in [0.2, 0.25) is 0 Å². The summed E-state index contributed by atoms with van der Waals surface area (Å²) in [6, 6.07) is 16.3. The fourth-order valence-electron chi connectivity index (χ4n) is 2.06. The van der Waals surface area contributed by atoms with Crippen molar-refractivity contribution >= 4 is 7.69 Å². The molecule has 0 saturated carbocycles. The first-order valence-corrected chi connectivity index (χ1v) is 7.52. The molecule has 0 radical (unpaired) electrons. The highest BCUT2D eigenvalue weighted by atomic mass is 16.6. The molecule has 3 heteroatoms. The average molecular weight is 282 g/mol. The van der Waals surface area contributed by atoms with Crippen molar-refractivity contribution in [3.63, 3.8) is 0 Å². The molecule has 0 N–H and O–H groups in total. The van der Waals surface area contributed by atoms with E-state index in [2.05, 4.69) is 52.0 Å². The van der Waals surface area contributed by atoms with Crippen molar-refractivity contribution in [1.29, 1.82) is 0 Å². The van der Waals surface area contributed by atoms with Gasteiger partial charge in [-0.15, -0.1) is 0 Å². The second kappa shape index (κ2) is 7.21. The van der Waals surface area contributed by atoms with Gasteiger partial charge in [-0.2, -0.15) is 0 Å². The van der Waals surface area contributed by atoms with Crippen LogP contribution >= 0.6 is 0 Å². The van der Waals surface area contributed by atoms with E-state index in [1.54, 1.807) is 0 Å². The quantitative estimate of drug-likeness (QED) is 0.717. The van der Waals surface area contributed by atoms with E-state index in [1.165, 1.54) is 11.1 Å². The number of hydrogen-bond donors (Lipinski definition) is 0. The zero-order valence-corrected chi connectivity index (χ0v) is 13.3. The van der Waals surface area contributed by atoms with Crippen LogP contribution in [0.5, 0.6) is 11.5 Å². The highest BCUT2D eigenvalue weighted by Crippen LogP contribution is 2.20. The van der Waals surface area contributed by atoms with Crippen LogP contribution in [0.2, 0.25) is 0 Å². The Morgan fingerprint density at radius 1 is 0.619 bits per heavy atom. The Morgan fingerprint density at radius 2 is 0.952 bits per heavy atom. The average Bonchev–Trinajstić information content (AvgIpc) is 2.48. The molecule has 0 saturated heterocycles. The lowest BCUT2D eigenvalue weighted by Gasteiger charge is -2.10. The first-order chi connectivity index (χ1) is 10.1. The van der Waals surface area contributed by atoms with Crippen LogP contribution < -0.4 is 9.31 Å². The fraction of sp³-hybridized carbons (Fsp3) is 0.333. The lowest BCUT2D eigenvalue weighted by atomic mass is 10.0. The molecule has 110 valence electrons. The van der Waals surface area contributed by atoms with Crippen LogP contribution in [-0.2, 0) is 0 Å². The molecule has 0 unspecified atom stereocenters. The molecule has 0 bridgehead atoms. The van der Waals surface area contributed by atoms with Crippen molar-refractivity contribution in [2.45, 2.75) is 39.5 Å². The molecule has 21 heavy (non-hydrogen) atoms. The van der Waals surface area contributed by atoms with Gasteiger partial charge in [-0.1, -0.05) is 52.0 Å². The molecule has 0 fully saturated rings.